The molecule has 1 aromatic rings. The van der Waals surface area contributed by atoms with E-state index in [4.69, 9.17) is 0 Å². The van der Waals surface area contributed by atoms with Gasteiger partial charge in [0.05, 0.1) is 12.2 Å². The first-order valence-corrected chi connectivity index (χ1v) is 4.94. The standard InChI is InChI=1S/C10H10F3N3O/c1-6(11)9(17)14-5-7-2-3-15-16(7)8-4-10(8,12)13/h2-3,8H,1,4-5H2,(H,14,17). The fraction of sp³-hybridized carbons (Fsp3) is 0.400. The number of rotatable bonds is 4. The van der Waals surface area contributed by atoms with E-state index in [1.54, 1.807) is 0 Å². The van der Waals surface area contributed by atoms with Gasteiger partial charge in [-0.2, -0.15) is 5.10 Å². The van der Waals surface area contributed by atoms with E-state index in [1.165, 1.54) is 12.3 Å². The molecule has 92 valence electrons. The van der Waals surface area contributed by atoms with E-state index in [2.05, 4.69) is 17.0 Å². The van der Waals surface area contributed by atoms with E-state index in [0.717, 1.165) is 4.68 Å². The Labute approximate surface area is 95.1 Å². The molecule has 1 amide bonds. The van der Waals surface area contributed by atoms with E-state index >= 15 is 0 Å². The highest BCUT2D eigenvalue weighted by Crippen LogP contribution is 2.52. The Bertz CT molecular complexity index is 469. The Balaban J connectivity index is 2.01. The van der Waals surface area contributed by atoms with E-state index in [0.29, 0.717) is 5.69 Å². The van der Waals surface area contributed by atoms with Gasteiger partial charge >= 0.3 is 0 Å². The molecule has 1 aliphatic carbocycles. The molecule has 0 radical (unpaired) electrons. The predicted octanol–water partition coefficient (Wildman–Crippen LogP) is 1.56. The number of halogens is 3. The van der Waals surface area contributed by atoms with Gasteiger partial charge in [0, 0.05) is 12.6 Å². The Morgan fingerprint density at radius 2 is 2.35 bits per heavy atom. The lowest BCUT2D eigenvalue weighted by atomic mass is 10.4. The number of hydrogen-bond acceptors (Lipinski definition) is 2. The molecule has 0 aromatic carbocycles. The molecule has 1 fully saturated rings. The number of amides is 1. The van der Waals surface area contributed by atoms with E-state index in [-0.39, 0.29) is 13.0 Å². The largest absolute Gasteiger partial charge is 0.344 e. The van der Waals surface area contributed by atoms with Crippen molar-refractivity contribution in [3.8, 4) is 0 Å². The summed E-state index contributed by atoms with van der Waals surface area (Å²) in [5.74, 6) is -4.82. The maximum atomic E-state index is 12.8. The van der Waals surface area contributed by atoms with E-state index < -0.39 is 23.7 Å². The zero-order valence-electron chi connectivity index (χ0n) is 8.79. The smallest absolute Gasteiger partial charge is 0.279 e. The van der Waals surface area contributed by atoms with E-state index in [9.17, 15) is 18.0 Å². The topological polar surface area (TPSA) is 46.9 Å². The van der Waals surface area contributed by atoms with Gasteiger partial charge in [-0.15, -0.1) is 0 Å². The molecule has 1 aromatic heterocycles. The van der Waals surface area contributed by atoms with Crippen molar-refractivity contribution < 1.29 is 18.0 Å². The molecular weight excluding hydrogens is 235 g/mol. The van der Waals surface area contributed by atoms with Gasteiger partial charge in [-0.25, -0.2) is 13.2 Å². The monoisotopic (exact) mass is 245 g/mol. The average Bonchev–Trinajstić information content (AvgIpc) is 2.71. The van der Waals surface area contributed by atoms with Gasteiger partial charge in [-0.1, -0.05) is 6.58 Å². The van der Waals surface area contributed by atoms with Gasteiger partial charge in [0.25, 0.3) is 11.8 Å². The Morgan fingerprint density at radius 3 is 2.88 bits per heavy atom. The summed E-state index contributed by atoms with van der Waals surface area (Å²) >= 11 is 0. The number of hydrogen-bond donors (Lipinski definition) is 1. The second-order valence-corrected chi connectivity index (χ2v) is 3.84. The first kappa shape index (κ1) is 11.7. The normalized spacial score (nSPS) is 21.0. The third kappa shape index (κ3) is 2.32. The summed E-state index contributed by atoms with van der Waals surface area (Å²) < 4.78 is 39.2. The molecule has 0 bridgehead atoms. The van der Waals surface area contributed by atoms with Crippen molar-refractivity contribution in [2.45, 2.75) is 24.9 Å². The first-order valence-electron chi connectivity index (χ1n) is 4.94. The van der Waals surface area contributed by atoms with Gasteiger partial charge in [-0.3, -0.25) is 9.48 Å². The van der Waals surface area contributed by atoms with Crippen LogP contribution in [0.3, 0.4) is 0 Å². The molecule has 1 saturated carbocycles. The van der Waals surface area contributed by atoms with Crippen molar-refractivity contribution in [3.63, 3.8) is 0 Å². The molecule has 1 heterocycles. The lowest BCUT2D eigenvalue weighted by molar-refractivity contribution is -0.119. The fourth-order valence-electron chi connectivity index (χ4n) is 1.49. The van der Waals surface area contributed by atoms with Crippen LogP contribution < -0.4 is 5.32 Å². The number of aromatic nitrogens is 2. The molecule has 0 spiro atoms. The lowest BCUT2D eigenvalue weighted by Crippen LogP contribution is -2.24. The highest BCUT2D eigenvalue weighted by atomic mass is 19.3. The zero-order valence-corrected chi connectivity index (χ0v) is 8.79. The lowest BCUT2D eigenvalue weighted by Gasteiger charge is -2.07. The van der Waals surface area contributed by atoms with Crippen molar-refractivity contribution in [2.24, 2.45) is 0 Å². The number of carbonyl (C=O) groups excluding carboxylic acids is 1. The summed E-state index contributed by atoms with van der Waals surface area (Å²) in [7, 11) is 0. The summed E-state index contributed by atoms with van der Waals surface area (Å²) in [6.45, 7) is 2.77. The van der Waals surface area contributed by atoms with Gasteiger partial charge in [0.2, 0.25) is 0 Å². The van der Waals surface area contributed by atoms with Crippen LogP contribution in [0, 0.1) is 0 Å². The molecule has 17 heavy (non-hydrogen) atoms. The molecule has 1 aliphatic rings. The van der Waals surface area contributed by atoms with Crippen LogP contribution in [-0.2, 0) is 11.3 Å². The van der Waals surface area contributed by atoms with Crippen LogP contribution in [0.1, 0.15) is 18.2 Å². The maximum Gasteiger partial charge on any atom is 0.279 e. The molecule has 0 aliphatic heterocycles. The summed E-state index contributed by atoms with van der Waals surface area (Å²) in [5, 5.41) is 5.98. The molecule has 1 N–H and O–H groups in total. The minimum absolute atomic E-state index is 0.0612. The predicted molar refractivity (Wildman–Crippen MR) is 52.9 cm³/mol. The quantitative estimate of drug-likeness (QED) is 0.818. The summed E-state index contributed by atoms with van der Waals surface area (Å²) in [5.41, 5.74) is 0.404. The second-order valence-electron chi connectivity index (χ2n) is 3.84. The van der Waals surface area contributed by atoms with Crippen molar-refractivity contribution in [1.29, 1.82) is 0 Å². The van der Waals surface area contributed by atoms with Crippen molar-refractivity contribution in [2.75, 3.05) is 0 Å². The van der Waals surface area contributed by atoms with Crippen LogP contribution in [0.4, 0.5) is 13.2 Å². The van der Waals surface area contributed by atoms with Crippen molar-refractivity contribution >= 4 is 5.91 Å². The fourth-order valence-corrected chi connectivity index (χ4v) is 1.49. The van der Waals surface area contributed by atoms with Crippen LogP contribution in [0.5, 0.6) is 0 Å². The molecule has 1 unspecified atom stereocenters. The number of nitrogens with zero attached hydrogens (tertiary/aromatic N) is 2. The van der Waals surface area contributed by atoms with Crippen LogP contribution >= 0.6 is 0 Å². The van der Waals surface area contributed by atoms with Crippen LogP contribution in [0.2, 0.25) is 0 Å². The van der Waals surface area contributed by atoms with Crippen LogP contribution in [-0.4, -0.2) is 21.6 Å². The minimum Gasteiger partial charge on any atom is -0.344 e. The third-order valence-electron chi connectivity index (χ3n) is 2.52. The van der Waals surface area contributed by atoms with E-state index in [1.807, 2.05) is 0 Å². The van der Waals surface area contributed by atoms with Crippen molar-refractivity contribution in [1.82, 2.24) is 15.1 Å². The molecular formula is C10H10F3N3O. The van der Waals surface area contributed by atoms with Crippen molar-refractivity contribution in [3.05, 3.63) is 30.4 Å². The minimum atomic E-state index is -2.74. The molecule has 7 heteroatoms. The average molecular weight is 245 g/mol. The maximum absolute atomic E-state index is 12.8. The molecule has 0 saturated heterocycles. The summed E-state index contributed by atoms with van der Waals surface area (Å²) in [6.07, 6.45) is 1.10. The Hall–Kier alpha value is -1.79. The molecule has 4 nitrogen and oxygen atoms in total. The van der Waals surface area contributed by atoms with Crippen LogP contribution in [0.25, 0.3) is 0 Å². The third-order valence-corrected chi connectivity index (χ3v) is 2.52. The number of nitrogens with one attached hydrogen (secondary N) is 1. The van der Waals surface area contributed by atoms with Gasteiger partial charge in [0.15, 0.2) is 5.83 Å². The number of alkyl halides is 2. The number of carbonyl (C=O) groups is 1. The van der Waals surface area contributed by atoms with Gasteiger partial charge in [0.1, 0.15) is 6.04 Å². The van der Waals surface area contributed by atoms with Crippen LogP contribution in [0.15, 0.2) is 24.7 Å². The second kappa shape index (κ2) is 3.90. The van der Waals surface area contributed by atoms with Gasteiger partial charge in [-0.05, 0) is 6.07 Å². The molecule has 2 rings (SSSR count). The first-order chi connectivity index (χ1) is 7.92. The van der Waals surface area contributed by atoms with Gasteiger partial charge < -0.3 is 5.32 Å². The Morgan fingerprint density at radius 1 is 1.71 bits per heavy atom. The zero-order chi connectivity index (χ0) is 12.6. The summed E-state index contributed by atoms with van der Waals surface area (Å²) in [6, 6.07) is 0.536. The Kier molecular flexibility index (Phi) is 2.68. The highest BCUT2D eigenvalue weighted by molar-refractivity contribution is 5.90. The SMILES string of the molecule is C=C(F)C(=O)NCc1ccnn1C1CC1(F)F. The molecule has 1 atom stereocenters. The highest BCUT2D eigenvalue weighted by Gasteiger charge is 2.59. The summed E-state index contributed by atoms with van der Waals surface area (Å²) in [4.78, 5) is 10.9.